The van der Waals surface area contributed by atoms with Crippen LogP contribution in [0.15, 0.2) is 29.4 Å². The fourth-order valence-corrected chi connectivity index (χ4v) is 4.14. The van der Waals surface area contributed by atoms with Gasteiger partial charge in [0, 0.05) is 18.2 Å². The molecule has 1 aliphatic carbocycles. The molecule has 1 aromatic heterocycles. The summed E-state index contributed by atoms with van der Waals surface area (Å²) in [6, 6.07) is 8.30. The van der Waals surface area contributed by atoms with Crippen molar-refractivity contribution in [2.45, 2.75) is 64.2 Å². The van der Waals surface area contributed by atoms with E-state index in [-0.39, 0.29) is 5.91 Å². The van der Waals surface area contributed by atoms with E-state index in [1.807, 2.05) is 24.3 Å². The van der Waals surface area contributed by atoms with Gasteiger partial charge in [-0.3, -0.25) is 4.79 Å². The van der Waals surface area contributed by atoms with Gasteiger partial charge in [0.15, 0.2) is 11.0 Å². The number of nitrogens with zero attached hydrogens (tertiary/aromatic N) is 3. The van der Waals surface area contributed by atoms with Gasteiger partial charge >= 0.3 is 0 Å². The molecule has 1 N–H and O–H groups in total. The Hall–Kier alpha value is -2.02. The normalized spacial score (nSPS) is 14.6. The molecular formula is C21H30N4O2S. The molecule has 3 rings (SSSR count). The number of amides is 1. The average Bonchev–Trinajstić information content (AvgIpc) is 3.34. The topological polar surface area (TPSA) is 69.0 Å². The smallest absolute Gasteiger partial charge is 0.230 e. The quantitative estimate of drug-likeness (QED) is 0.638. The summed E-state index contributed by atoms with van der Waals surface area (Å²) in [6.45, 7) is 7.78. The number of carbonyl (C=O) groups is 1. The second-order valence-electron chi connectivity index (χ2n) is 7.62. The van der Waals surface area contributed by atoms with Gasteiger partial charge in [0.1, 0.15) is 5.75 Å². The van der Waals surface area contributed by atoms with Gasteiger partial charge in [-0.25, -0.2) is 0 Å². The first-order valence-corrected chi connectivity index (χ1v) is 11.1. The highest BCUT2D eigenvalue weighted by Crippen LogP contribution is 2.26. The largest absolute Gasteiger partial charge is 0.493 e. The van der Waals surface area contributed by atoms with Crippen LogP contribution >= 0.6 is 11.8 Å². The standard InChI is InChI=1S/C21H30N4O2S/c1-4-25-20(16-9-11-18(12-10-16)27-13-15(2)3)23-24-21(25)28-14-19(26)22-17-7-5-6-8-17/h9-12,15,17H,4-8,13-14H2,1-3H3,(H,22,26). The van der Waals surface area contributed by atoms with Crippen molar-refractivity contribution in [3.05, 3.63) is 24.3 Å². The van der Waals surface area contributed by atoms with Gasteiger partial charge in [-0.15, -0.1) is 10.2 Å². The van der Waals surface area contributed by atoms with Crippen LogP contribution in [-0.4, -0.2) is 39.1 Å². The molecule has 0 unspecified atom stereocenters. The first kappa shape index (κ1) is 20.7. The van der Waals surface area contributed by atoms with Gasteiger partial charge in [-0.1, -0.05) is 38.5 Å². The summed E-state index contributed by atoms with van der Waals surface area (Å²) in [6.07, 6.45) is 4.63. The number of hydrogen-bond acceptors (Lipinski definition) is 5. The van der Waals surface area contributed by atoms with Crippen molar-refractivity contribution in [1.29, 1.82) is 0 Å². The van der Waals surface area contributed by atoms with Crippen molar-refractivity contribution in [1.82, 2.24) is 20.1 Å². The van der Waals surface area contributed by atoms with Crippen LogP contribution in [0, 0.1) is 5.92 Å². The summed E-state index contributed by atoms with van der Waals surface area (Å²) in [7, 11) is 0. The molecule has 0 radical (unpaired) electrons. The maximum Gasteiger partial charge on any atom is 0.230 e. The van der Waals surface area contributed by atoms with Crippen molar-refractivity contribution in [3.8, 4) is 17.1 Å². The van der Waals surface area contributed by atoms with Crippen molar-refractivity contribution < 1.29 is 9.53 Å². The maximum atomic E-state index is 12.2. The lowest BCUT2D eigenvalue weighted by Gasteiger charge is -2.12. The number of benzene rings is 1. The molecule has 1 aliphatic rings. The van der Waals surface area contributed by atoms with Crippen LogP contribution in [0.3, 0.4) is 0 Å². The molecule has 28 heavy (non-hydrogen) atoms. The first-order chi connectivity index (χ1) is 13.6. The van der Waals surface area contributed by atoms with E-state index in [4.69, 9.17) is 4.74 Å². The molecule has 1 aromatic carbocycles. The Balaban J connectivity index is 1.61. The monoisotopic (exact) mass is 402 g/mol. The van der Waals surface area contributed by atoms with Crippen molar-refractivity contribution in [2.75, 3.05) is 12.4 Å². The SMILES string of the molecule is CCn1c(SCC(=O)NC2CCCC2)nnc1-c1ccc(OCC(C)C)cc1. The van der Waals surface area contributed by atoms with Crippen LogP contribution in [0.1, 0.15) is 46.5 Å². The van der Waals surface area contributed by atoms with E-state index in [1.54, 1.807) is 0 Å². The van der Waals surface area contributed by atoms with Gasteiger partial charge in [-0.2, -0.15) is 0 Å². The minimum Gasteiger partial charge on any atom is -0.493 e. The zero-order valence-corrected chi connectivity index (χ0v) is 17.8. The molecule has 6 nitrogen and oxygen atoms in total. The lowest BCUT2D eigenvalue weighted by atomic mass is 10.2. The fourth-order valence-electron chi connectivity index (χ4n) is 3.33. The lowest BCUT2D eigenvalue weighted by Crippen LogP contribution is -2.33. The van der Waals surface area contributed by atoms with E-state index < -0.39 is 0 Å². The summed E-state index contributed by atoms with van der Waals surface area (Å²) in [5, 5.41) is 12.6. The van der Waals surface area contributed by atoms with Gasteiger partial charge in [-0.05, 0) is 49.9 Å². The molecule has 0 saturated heterocycles. The van der Waals surface area contributed by atoms with Crippen LogP contribution in [-0.2, 0) is 11.3 Å². The molecule has 152 valence electrons. The highest BCUT2D eigenvalue weighted by Gasteiger charge is 2.19. The number of aromatic nitrogens is 3. The zero-order valence-electron chi connectivity index (χ0n) is 17.0. The van der Waals surface area contributed by atoms with Crippen LogP contribution in [0.2, 0.25) is 0 Å². The van der Waals surface area contributed by atoms with Crippen molar-refractivity contribution >= 4 is 17.7 Å². The Bertz CT molecular complexity index is 767. The minimum atomic E-state index is 0.0794. The highest BCUT2D eigenvalue weighted by molar-refractivity contribution is 7.99. The Morgan fingerprint density at radius 1 is 1.25 bits per heavy atom. The number of ether oxygens (including phenoxy) is 1. The van der Waals surface area contributed by atoms with Crippen LogP contribution in [0.5, 0.6) is 5.75 Å². The van der Waals surface area contributed by atoms with Crippen LogP contribution in [0.25, 0.3) is 11.4 Å². The van der Waals surface area contributed by atoms with E-state index in [1.165, 1.54) is 24.6 Å². The lowest BCUT2D eigenvalue weighted by molar-refractivity contribution is -0.119. The highest BCUT2D eigenvalue weighted by atomic mass is 32.2. The minimum absolute atomic E-state index is 0.0794. The second kappa shape index (κ2) is 9.96. The predicted octanol–water partition coefficient (Wildman–Crippen LogP) is 4.15. The number of hydrogen-bond donors (Lipinski definition) is 1. The predicted molar refractivity (Wildman–Crippen MR) is 113 cm³/mol. The third kappa shape index (κ3) is 5.50. The maximum absolute atomic E-state index is 12.2. The summed E-state index contributed by atoms with van der Waals surface area (Å²) in [5.41, 5.74) is 0.994. The Morgan fingerprint density at radius 2 is 1.96 bits per heavy atom. The first-order valence-electron chi connectivity index (χ1n) is 10.2. The average molecular weight is 403 g/mol. The summed E-state index contributed by atoms with van der Waals surface area (Å²) in [5.74, 6) is 2.62. The van der Waals surface area contributed by atoms with E-state index in [2.05, 4.69) is 40.9 Å². The molecule has 1 saturated carbocycles. The summed E-state index contributed by atoms with van der Waals surface area (Å²) < 4.78 is 7.80. The third-order valence-corrected chi connectivity index (χ3v) is 5.75. The molecular weight excluding hydrogens is 372 g/mol. The van der Waals surface area contributed by atoms with Gasteiger partial charge in [0.2, 0.25) is 5.91 Å². The number of carbonyl (C=O) groups excluding carboxylic acids is 1. The van der Waals surface area contributed by atoms with E-state index in [9.17, 15) is 4.79 Å². The third-order valence-electron chi connectivity index (χ3n) is 4.78. The van der Waals surface area contributed by atoms with E-state index in [0.29, 0.717) is 24.3 Å². The molecule has 0 bridgehead atoms. The molecule has 2 aromatic rings. The summed E-state index contributed by atoms with van der Waals surface area (Å²) in [4.78, 5) is 12.2. The number of nitrogens with one attached hydrogen (secondary N) is 1. The van der Waals surface area contributed by atoms with Crippen LogP contribution in [0.4, 0.5) is 0 Å². The molecule has 7 heteroatoms. The van der Waals surface area contributed by atoms with Crippen molar-refractivity contribution in [3.63, 3.8) is 0 Å². The zero-order chi connectivity index (χ0) is 19.9. The molecule has 0 atom stereocenters. The molecule has 0 aliphatic heterocycles. The summed E-state index contributed by atoms with van der Waals surface area (Å²) >= 11 is 1.45. The Morgan fingerprint density at radius 3 is 2.61 bits per heavy atom. The Kier molecular flexibility index (Phi) is 7.36. The van der Waals surface area contributed by atoms with Gasteiger partial charge in [0.05, 0.1) is 12.4 Å². The second-order valence-corrected chi connectivity index (χ2v) is 8.56. The van der Waals surface area contributed by atoms with Gasteiger partial charge < -0.3 is 14.6 Å². The van der Waals surface area contributed by atoms with Crippen molar-refractivity contribution in [2.24, 2.45) is 5.92 Å². The molecule has 1 heterocycles. The molecule has 0 spiro atoms. The van der Waals surface area contributed by atoms with Crippen LogP contribution < -0.4 is 10.1 Å². The molecule has 1 amide bonds. The number of thioether (sulfide) groups is 1. The Labute approximate surface area is 171 Å². The van der Waals surface area contributed by atoms with Gasteiger partial charge in [0.25, 0.3) is 0 Å². The number of rotatable bonds is 9. The van der Waals surface area contributed by atoms with E-state index >= 15 is 0 Å². The molecule has 1 fully saturated rings. The van der Waals surface area contributed by atoms with E-state index in [0.717, 1.165) is 41.7 Å². The fraction of sp³-hybridized carbons (Fsp3) is 0.571.